The second-order valence-corrected chi connectivity index (χ2v) is 6.91. The number of benzene rings is 1. The van der Waals surface area contributed by atoms with E-state index in [1.165, 1.54) is 6.92 Å². The second kappa shape index (κ2) is 7.08. The SMILES string of the molecule is COC(=O)c1c(OS(=O)(=O)C(F)(F)F)cc(C)c(CCBr)c1C. The van der Waals surface area contributed by atoms with Crippen molar-refractivity contribution in [3.05, 3.63) is 28.3 Å². The third kappa shape index (κ3) is 4.17. The molecule has 0 spiro atoms. The monoisotopic (exact) mass is 418 g/mol. The quantitative estimate of drug-likeness (QED) is 0.317. The van der Waals surface area contributed by atoms with Gasteiger partial charge < -0.3 is 8.92 Å². The molecular weight excluding hydrogens is 405 g/mol. The number of ether oxygens (including phenoxy) is 1. The number of esters is 1. The molecule has 1 rings (SSSR count). The zero-order chi connectivity index (χ0) is 18.0. The van der Waals surface area contributed by atoms with Crippen molar-refractivity contribution in [2.24, 2.45) is 0 Å². The Bertz CT molecular complexity index is 713. The van der Waals surface area contributed by atoms with Gasteiger partial charge in [-0.1, -0.05) is 15.9 Å². The lowest BCUT2D eigenvalue weighted by atomic mass is 9.95. The lowest BCUT2D eigenvalue weighted by Gasteiger charge is -2.18. The van der Waals surface area contributed by atoms with Gasteiger partial charge in [0.25, 0.3) is 0 Å². The van der Waals surface area contributed by atoms with Gasteiger partial charge in [0.15, 0.2) is 5.75 Å². The first-order valence-corrected chi connectivity index (χ1v) is 8.77. The van der Waals surface area contributed by atoms with Crippen LogP contribution < -0.4 is 4.18 Å². The standard InChI is InChI=1S/C13H14BrF3O5S/c1-7-6-10(22-23(19,20)13(15,16)17)11(12(18)21-3)8(2)9(7)4-5-14/h6H,4-5H2,1-3H3. The van der Waals surface area contributed by atoms with Crippen LogP contribution in [0, 0.1) is 13.8 Å². The summed E-state index contributed by atoms with van der Waals surface area (Å²) in [6.45, 7) is 3.07. The molecule has 1 aromatic rings. The summed E-state index contributed by atoms with van der Waals surface area (Å²) in [7, 11) is -4.86. The molecule has 0 saturated carbocycles. The number of methoxy groups -OCH3 is 1. The van der Waals surface area contributed by atoms with E-state index < -0.39 is 27.3 Å². The predicted molar refractivity (Wildman–Crippen MR) is 80.4 cm³/mol. The Kier molecular flexibility index (Phi) is 6.08. The van der Waals surface area contributed by atoms with E-state index in [-0.39, 0.29) is 5.56 Å². The molecule has 0 saturated heterocycles. The van der Waals surface area contributed by atoms with E-state index in [0.29, 0.717) is 28.4 Å². The molecule has 0 aliphatic rings. The van der Waals surface area contributed by atoms with Crippen LogP contribution in [-0.2, 0) is 21.3 Å². The van der Waals surface area contributed by atoms with Crippen LogP contribution in [0.25, 0.3) is 0 Å². The molecule has 5 nitrogen and oxygen atoms in total. The summed E-state index contributed by atoms with van der Waals surface area (Å²) in [5.41, 5.74) is -4.44. The van der Waals surface area contributed by atoms with Gasteiger partial charge in [-0.2, -0.15) is 21.6 Å². The van der Waals surface area contributed by atoms with Gasteiger partial charge in [0.05, 0.1) is 7.11 Å². The van der Waals surface area contributed by atoms with Gasteiger partial charge >= 0.3 is 21.6 Å². The Morgan fingerprint density at radius 1 is 1.30 bits per heavy atom. The van der Waals surface area contributed by atoms with E-state index in [4.69, 9.17) is 0 Å². The molecule has 0 N–H and O–H groups in total. The second-order valence-electron chi connectivity index (χ2n) is 4.58. The van der Waals surface area contributed by atoms with Crippen LogP contribution in [-0.4, -0.2) is 32.3 Å². The molecule has 23 heavy (non-hydrogen) atoms. The molecule has 0 bridgehead atoms. The number of hydrogen-bond acceptors (Lipinski definition) is 5. The molecule has 0 radical (unpaired) electrons. The lowest BCUT2D eigenvalue weighted by Crippen LogP contribution is -2.29. The number of halogens is 4. The summed E-state index contributed by atoms with van der Waals surface area (Å²) in [5.74, 6) is -1.69. The molecule has 0 atom stereocenters. The van der Waals surface area contributed by atoms with Crippen molar-refractivity contribution in [1.82, 2.24) is 0 Å². The zero-order valence-electron chi connectivity index (χ0n) is 12.5. The highest BCUT2D eigenvalue weighted by molar-refractivity contribution is 9.09. The average molecular weight is 419 g/mol. The minimum absolute atomic E-state index is 0.309. The number of rotatable bonds is 5. The third-order valence-corrected chi connectivity index (χ3v) is 4.48. The van der Waals surface area contributed by atoms with E-state index in [0.717, 1.165) is 13.2 Å². The maximum atomic E-state index is 12.5. The van der Waals surface area contributed by atoms with E-state index in [2.05, 4.69) is 24.8 Å². The number of alkyl halides is 4. The molecular formula is C13H14BrF3O5S. The third-order valence-electron chi connectivity index (χ3n) is 3.11. The first-order chi connectivity index (χ1) is 10.5. The molecule has 0 aliphatic heterocycles. The lowest BCUT2D eigenvalue weighted by molar-refractivity contribution is -0.0500. The van der Waals surface area contributed by atoms with Gasteiger partial charge in [0.2, 0.25) is 0 Å². The smallest absolute Gasteiger partial charge is 0.465 e. The molecule has 0 amide bonds. The summed E-state index contributed by atoms with van der Waals surface area (Å²) >= 11 is 3.23. The van der Waals surface area contributed by atoms with Crippen molar-refractivity contribution in [3.63, 3.8) is 0 Å². The Hall–Kier alpha value is -1.29. The first-order valence-electron chi connectivity index (χ1n) is 6.24. The van der Waals surface area contributed by atoms with E-state index >= 15 is 0 Å². The van der Waals surface area contributed by atoms with Crippen LogP contribution in [0.4, 0.5) is 13.2 Å². The largest absolute Gasteiger partial charge is 0.534 e. The first kappa shape index (κ1) is 19.8. The summed E-state index contributed by atoms with van der Waals surface area (Å²) in [6, 6.07) is 1.08. The fourth-order valence-corrected chi connectivity index (χ4v) is 2.91. The number of hydrogen-bond donors (Lipinski definition) is 0. The van der Waals surface area contributed by atoms with E-state index in [1.54, 1.807) is 6.92 Å². The summed E-state index contributed by atoms with van der Waals surface area (Å²) in [6.07, 6.45) is 0.494. The van der Waals surface area contributed by atoms with Crippen molar-refractivity contribution in [2.45, 2.75) is 25.8 Å². The normalized spacial score (nSPS) is 12.1. The summed E-state index contributed by atoms with van der Waals surface area (Å²) < 4.78 is 68.6. The average Bonchev–Trinajstić information content (AvgIpc) is 2.41. The number of carbonyl (C=O) groups excluding carboxylic acids is 1. The molecule has 0 fully saturated rings. The zero-order valence-corrected chi connectivity index (χ0v) is 14.9. The van der Waals surface area contributed by atoms with Crippen LogP contribution in [0.15, 0.2) is 6.07 Å². The van der Waals surface area contributed by atoms with Crippen molar-refractivity contribution in [3.8, 4) is 5.75 Å². The summed E-state index contributed by atoms with van der Waals surface area (Å²) in [5, 5.41) is 0.552. The molecule has 0 heterocycles. The van der Waals surface area contributed by atoms with Crippen LogP contribution in [0.2, 0.25) is 0 Å². The molecule has 0 unspecified atom stereocenters. The Balaban J connectivity index is 3.57. The molecule has 10 heteroatoms. The molecule has 1 aromatic carbocycles. The Labute approximate surface area is 140 Å². The maximum absolute atomic E-state index is 12.5. The number of carbonyl (C=O) groups is 1. The van der Waals surface area contributed by atoms with Crippen LogP contribution in [0.3, 0.4) is 0 Å². The fraction of sp³-hybridized carbons (Fsp3) is 0.462. The van der Waals surface area contributed by atoms with Gasteiger partial charge in [-0.05, 0) is 43.0 Å². The minimum Gasteiger partial charge on any atom is -0.465 e. The highest BCUT2D eigenvalue weighted by Crippen LogP contribution is 2.34. The molecule has 130 valence electrons. The highest BCUT2D eigenvalue weighted by Gasteiger charge is 2.49. The van der Waals surface area contributed by atoms with Crippen molar-refractivity contribution in [2.75, 3.05) is 12.4 Å². The van der Waals surface area contributed by atoms with Gasteiger partial charge in [-0.25, -0.2) is 4.79 Å². The van der Waals surface area contributed by atoms with Crippen LogP contribution in [0.5, 0.6) is 5.75 Å². The Morgan fingerprint density at radius 2 is 1.87 bits per heavy atom. The van der Waals surface area contributed by atoms with Gasteiger partial charge in [-0.15, -0.1) is 0 Å². The van der Waals surface area contributed by atoms with Crippen LogP contribution in [0.1, 0.15) is 27.0 Å². The van der Waals surface area contributed by atoms with Crippen molar-refractivity contribution >= 4 is 32.0 Å². The van der Waals surface area contributed by atoms with E-state index in [1.807, 2.05) is 0 Å². The highest BCUT2D eigenvalue weighted by atomic mass is 79.9. The Morgan fingerprint density at radius 3 is 2.30 bits per heavy atom. The van der Waals surface area contributed by atoms with Crippen molar-refractivity contribution in [1.29, 1.82) is 0 Å². The predicted octanol–water partition coefficient (Wildman–Crippen LogP) is 3.26. The molecule has 0 aromatic heterocycles. The minimum atomic E-state index is -5.89. The summed E-state index contributed by atoms with van der Waals surface area (Å²) in [4.78, 5) is 11.9. The fourth-order valence-electron chi connectivity index (χ4n) is 2.05. The number of aryl methyl sites for hydroxylation is 1. The van der Waals surface area contributed by atoms with Crippen molar-refractivity contribution < 1.29 is 35.3 Å². The van der Waals surface area contributed by atoms with E-state index in [9.17, 15) is 26.4 Å². The maximum Gasteiger partial charge on any atom is 0.534 e. The van der Waals surface area contributed by atoms with Gasteiger partial charge in [0, 0.05) is 5.33 Å². The molecule has 0 aliphatic carbocycles. The van der Waals surface area contributed by atoms with Crippen LogP contribution >= 0.6 is 15.9 Å². The van der Waals surface area contributed by atoms with Gasteiger partial charge in [0.1, 0.15) is 5.56 Å². The van der Waals surface area contributed by atoms with Gasteiger partial charge in [-0.3, -0.25) is 0 Å². The topological polar surface area (TPSA) is 69.7 Å².